The maximum absolute atomic E-state index is 13.7. The van der Waals surface area contributed by atoms with Gasteiger partial charge < -0.3 is 10.3 Å². The molecule has 0 fully saturated rings. The lowest BCUT2D eigenvalue weighted by Crippen LogP contribution is -2.14. The maximum Gasteiger partial charge on any atom is 0.258 e. The van der Waals surface area contributed by atoms with E-state index in [9.17, 15) is 13.6 Å². The molecule has 1 heterocycles. The highest BCUT2D eigenvalue weighted by molar-refractivity contribution is 6.04. The lowest BCUT2D eigenvalue weighted by molar-refractivity contribution is 0.102. The minimum atomic E-state index is -1.16. The Balaban J connectivity index is 1.60. The van der Waals surface area contributed by atoms with Gasteiger partial charge in [0, 0.05) is 11.3 Å². The summed E-state index contributed by atoms with van der Waals surface area (Å²) in [6, 6.07) is 16.5. The van der Waals surface area contributed by atoms with Crippen molar-refractivity contribution in [3.63, 3.8) is 0 Å². The van der Waals surface area contributed by atoms with Gasteiger partial charge in [-0.2, -0.15) is 0 Å². The van der Waals surface area contributed by atoms with Crippen molar-refractivity contribution in [1.82, 2.24) is 9.97 Å². The van der Waals surface area contributed by atoms with Gasteiger partial charge in [-0.05, 0) is 42.8 Å². The SMILES string of the molecule is Cc1nc2c(-c3ccc(NC(=O)c4cccc(F)c4F)cc3)cccc2[nH]1. The highest BCUT2D eigenvalue weighted by Crippen LogP contribution is 2.28. The number of rotatable bonds is 3. The number of anilines is 1. The second-order valence-corrected chi connectivity index (χ2v) is 6.16. The summed E-state index contributed by atoms with van der Waals surface area (Å²) in [6.07, 6.45) is 0. The topological polar surface area (TPSA) is 57.8 Å². The molecule has 1 aromatic heterocycles. The monoisotopic (exact) mass is 363 g/mol. The average molecular weight is 363 g/mol. The number of aromatic amines is 1. The Labute approximate surface area is 153 Å². The van der Waals surface area contributed by atoms with E-state index in [0.29, 0.717) is 5.69 Å². The predicted octanol–water partition coefficient (Wildman–Crippen LogP) is 5.07. The van der Waals surface area contributed by atoms with Crippen molar-refractivity contribution in [3.8, 4) is 11.1 Å². The molecule has 0 unspecified atom stereocenters. The van der Waals surface area contributed by atoms with Crippen LogP contribution in [0.15, 0.2) is 60.7 Å². The molecule has 6 heteroatoms. The third-order valence-electron chi connectivity index (χ3n) is 4.28. The molecule has 0 atom stereocenters. The van der Waals surface area contributed by atoms with Crippen LogP contribution in [0.3, 0.4) is 0 Å². The first-order valence-electron chi connectivity index (χ1n) is 8.34. The van der Waals surface area contributed by atoms with Gasteiger partial charge in [0.05, 0.1) is 16.6 Å². The molecular formula is C21H15F2N3O. The number of hydrogen-bond donors (Lipinski definition) is 2. The Bertz CT molecular complexity index is 1150. The quantitative estimate of drug-likeness (QED) is 0.534. The number of carbonyl (C=O) groups excluding carboxylic acids is 1. The summed E-state index contributed by atoms with van der Waals surface area (Å²) in [5.74, 6) is -2.09. The zero-order valence-corrected chi connectivity index (χ0v) is 14.4. The standard InChI is InChI=1S/C21H15F2N3O/c1-12-24-18-7-3-4-15(20(18)25-12)13-8-10-14(11-9-13)26-21(27)16-5-2-6-17(22)19(16)23/h2-11H,1H3,(H,24,25)(H,26,27). The molecule has 4 nitrogen and oxygen atoms in total. The molecule has 0 aliphatic heterocycles. The van der Waals surface area contributed by atoms with Crippen LogP contribution < -0.4 is 5.32 Å². The number of H-pyrrole nitrogens is 1. The van der Waals surface area contributed by atoms with Gasteiger partial charge in [-0.1, -0.05) is 30.3 Å². The summed E-state index contributed by atoms with van der Waals surface area (Å²) in [5.41, 5.74) is 3.86. The van der Waals surface area contributed by atoms with Crippen molar-refractivity contribution in [2.75, 3.05) is 5.32 Å². The number of hydrogen-bond acceptors (Lipinski definition) is 2. The fourth-order valence-electron chi connectivity index (χ4n) is 3.00. The Kier molecular flexibility index (Phi) is 4.16. The van der Waals surface area contributed by atoms with Gasteiger partial charge in [0.25, 0.3) is 5.91 Å². The van der Waals surface area contributed by atoms with Crippen molar-refractivity contribution in [3.05, 3.63) is 83.7 Å². The van der Waals surface area contributed by atoms with Crippen molar-refractivity contribution < 1.29 is 13.6 Å². The van der Waals surface area contributed by atoms with E-state index in [2.05, 4.69) is 15.3 Å². The first-order valence-corrected chi connectivity index (χ1v) is 8.34. The van der Waals surface area contributed by atoms with Gasteiger partial charge in [0.2, 0.25) is 0 Å². The van der Waals surface area contributed by atoms with E-state index in [-0.39, 0.29) is 5.56 Å². The lowest BCUT2D eigenvalue weighted by Gasteiger charge is -2.08. The Morgan fingerprint density at radius 3 is 2.52 bits per heavy atom. The van der Waals surface area contributed by atoms with Crippen molar-refractivity contribution in [1.29, 1.82) is 0 Å². The average Bonchev–Trinajstić information content (AvgIpc) is 3.04. The number of nitrogens with zero attached hydrogens (tertiary/aromatic N) is 1. The van der Waals surface area contributed by atoms with Crippen LogP contribution in [0, 0.1) is 18.6 Å². The summed E-state index contributed by atoms with van der Waals surface area (Å²) < 4.78 is 27.0. The molecule has 0 saturated heterocycles. The molecule has 3 aromatic carbocycles. The molecular weight excluding hydrogens is 348 g/mol. The van der Waals surface area contributed by atoms with Gasteiger partial charge >= 0.3 is 0 Å². The second-order valence-electron chi connectivity index (χ2n) is 6.16. The van der Waals surface area contributed by atoms with Gasteiger partial charge in [-0.3, -0.25) is 4.79 Å². The number of amides is 1. The third kappa shape index (κ3) is 3.17. The minimum absolute atomic E-state index is 0.337. The van der Waals surface area contributed by atoms with E-state index >= 15 is 0 Å². The van der Waals surface area contributed by atoms with Crippen molar-refractivity contribution >= 4 is 22.6 Å². The Hall–Kier alpha value is -3.54. The maximum atomic E-state index is 13.7. The van der Waals surface area contributed by atoms with E-state index < -0.39 is 17.5 Å². The van der Waals surface area contributed by atoms with Crippen LogP contribution in [0.1, 0.15) is 16.2 Å². The molecule has 0 saturated carbocycles. The van der Waals surface area contributed by atoms with Crippen LogP contribution in [0.2, 0.25) is 0 Å². The number of aromatic nitrogens is 2. The zero-order valence-electron chi connectivity index (χ0n) is 14.4. The second kappa shape index (κ2) is 6.64. The highest BCUT2D eigenvalue weighted by Gasteiger charge is 2.15. The molecule has 0 bridgehead atoms. The van der Waals surface area contributed by atoms with E-state index in [1.165, 1.54) is 12.1 Å². The molecule has 2 N–H and O–H groups in total. The number of carbonyl (C=O) groups is 1. The Morgan fingerprint density at radius 2 is 1.74 bits per heavy atom. The fraction of sp³-hybridized carbons (Fsp3) is 0.0476. The minimum Gasteiger partial charge on any atom is -0.342 e. The van der Waals surface area contributed by atoms with Crippen molar-refractivity contribution in [2.45, 2.75) is 6.92 Å². The molecule has 4 aromatic rings. The zero-order chi connectivity index (χ0) is 19.0. The molecule has 27 heavy (non-hydrogen) atoms. The predicted molar refractivity (Wildman–Crippen MR) is 101 cm³/mol. The number of benzene rings is 3. The van der Waals surface area contributed by atoms with E-state index in [1.54, 1.807) is 12.1 Å². The van der Waals surface area contributed by atoms with Gasteiger partial charge in [-0.25, -0.2) is 13.8 Å². The van der Waals surface area contributed by atoms with Gasteiger partial charge in [-0.15, -0.1) is 0 Å². The number of fused-ring (bicyclic) bond motifs is 1. The van der Waals surface area contributed by atoms with Crippen LogP contribution >= 0.6 is 0 Å². The van der Waals surface area contributed by atoms with Crippen LogP contribution in [-0.2, 0) is 0 Å². The molecule has 1 amide bonds. The summed E-state index contributed by atoms with van der Waals surface area (Å²) in [6.45, 7) is 1.90. The first kappa shape index (κ1) is 16.9. The molecule has 134 valence electrons. The van der Waals surface area contributed by atoms with E-state index in [1.807, 2.05) is 37.3 Å². The van der Waals surface area contributed by atoms with Gasteiger partial charge in [0.15, 0.2) is 11.6 Å². The molecule has 0 aliphatic rings. The summed E-state index contributed by atoms with van der Waals surface area (Å²) in [4.78, 5) is 19.9. The van der Waals surface area contributed by atoms with Gasteiger partial charge in [0.1, 0.15) is 5.82 Å². The summed E-state index contributed by atoms with van der Waals surface area (Å²) >= 11 is 0. The number of aryl methyl sites for hydroxylation is 1. The number of nitrogens with one attached hydrogen (secondary N) is 2. The van der Waals surface area contributed by atoms with Crippen LogP contribution in [0.5, 0.6) is 0 Å². The number of imidazole rings is 1. The molecule has 0 spiro atoms. The number of halogens is 2. The number of para-hydroxylation sites is 1. The van der Waals surface area contributed by atoms with Crippen LogP contribution in [0.25, 0.3) is 22.2 Å². The lowest BCUT2D eigenvalue weighted by atomic mass is 10.0. The summed E-state index contributed by atoms with van der Waals surface area (Å²) in [5, 5.41) is 2.58. The van der Waals surface area contributed by atoms with Crippen LogP contribution in [-0.4, -0.2) is 15.9 Å². The summed E-state index contributed by atoms with van der Waals surface area (Å²) in [7, 11) is 0. The third-order valence-corrected chi connectivity index (χ3v) is 4.28. The molecule has 4 rings (SSSR count). The highest BCUT2D eigenvalue weighted by atomic mass is 19.2. The largest absolute Gasteiger partial charge is 0.342 e. The normalized spacial score (nSPS) is 10.9. The first-order chi connectivity index (χ1) is 13.0. The fourth-order valence-corrected chi connectivity index (χ4v) is 3.00. The van der Waals surface area contributed by atoms with E-state index in [0.717, 1.165) is 34.1 Å². The van der Waals surface area contributed by atoms with E-state index in [4.69, 9.17) is 0 Å². The van der Waals surface area contributed by atoms with Crippen LogP contribution in [0.4, 0.5) is 14.5 Å². The van der Waals surface area contributed by atoms with Crippen molar-refractivity contribution in [2.24, 2.45) is 0 Å². The smallest absolute Gasteiger partial charge is 0.258 e. The Morgan fingerprint density at radius 1 is 1.00 bits per heavy atom. The molecule has 0 aliphatic carbocycles. The molecule has 0 radical (unpaired) electrons.